The summed E-state index contributed by atoms with van der Waals surface area (Å²) in [5, 5.41) is 0. The van der Waals surface area contributed by atoms with Gasteiger partial charge in [0.1, 0.15) is 12.0 Å². The first-order valence-corrected chi connectivity index (χ1v) is 7.89. The molecule has 0 atom stereocenters. The third-order valence-corrected chi connectivity index (χ3v) is 3.92. The number of amides is 1. The second-order valence-corrected chi connectivity index (χ2v) is 5.56. The topological polar surface area (TPSA) is 72.9 Å². The van der Waals surface area contributed by atoms with Gasteiger partial charge in [0, 0.05) is 17.8 Å². The van der Waals surface area contributed by atoms with Gasteiger partial charge in [0.05, 0.1) is 0 Å². The summed E-state index contributed by atoms with van der Waals surface area (Å²) in [6.45, 7) is -0.0276. The number of carbonyl (C=O) groups excluding carboxylic acids is 3. The molecule has 1 amide bonds. The average molecular weight is 339 g/mol. The Bertz CT molecular complexity index is 785. The molecule has 25 heavy (non-hydrogen) atoms. The summed E-state index contributed by atoms with van der Waals surface area (Å²) in [6.07, 6.45) is 1.52. The van der Waals surface area contributed by atoms with Crippen LogP contribution in [0.4, 0.5) is 5.69 Å². The summed E-state index contributed by atoms with van der Waals surface area (Å²) in [5.74, 6) is -0.434. The van der Waals surface area contributed by atoms with Gasteiger partial charge in [0.25, 0.3) is 5.91 Å². The van der Waals surface area contributed by atoms with E-state index in [4.69, 9.17) is 9.47 Å². The first kappa shape index (κ1) is 16.7. The first-order chi connectivity index (χ1) is 12.2. The number of nitrogens with zero attached hydrogens (tertiary/aromatic N) is 1. The quantitative estimate of drug-likeness (QED) is 0.595. The number of benzene rings is 2. The van der Waals surface area contributed by atoms with Crippen LogP contribution in [0.1, 0.15) is 15.9 Å². The molecule has 1 aliphatic rings. The Morgan fingerprint density at radius 3 is 2.56 bits per heavy atom. The highest BCUT2D eigenvalue weighted by Gasteiger charge is 2.24. The van der Waals surface area contributed by atoms with E-state index < -0.39 is 5.97 Å². The van der Waals surface area contributed by atoms with Crippen molar-refractivity contribution >= 4 is 23.9 Å². The molecule has 0 N–H and O–H groups in total. The molecule has 0 unspecified atom stereocenters. The van der Waals surface area contributed by atoms with Gasteiger partial charge in [0.2, 0.25) is 0 Å². The summed E-state index contributed by atoms with van der Waals surface area (Å²) in [7, 11) is 0. The van der Waals surface area contributed by atoms with Gasteiger partial charge in [-0.15, -0.1) is 0 Å². The molecule has 0 spiro atoms. The molecule has 1 aliphatic heterocycles. The number of fused-ring (bicyclic) bond motifs is 1. The van der Waals surface area contributed by atoms with E-state index in [1.807, 2.05) is 24.3 Å². The van der Waals surface area contributed by atoms with E-state index >= 15 is 0 Å². The minimum atomic E-state index is -0.625. The number of rotatable bonds is 6. The van der Waals surface area contributed by atoms with Crippen molar-refractivity contribution in [2.45, 2.75) is 6.42 Å². The van der Waals surface area contributed by atoms with E-state index in [0.29, 0.717) is 17.9 Å². The van der Waals surface area contributed by atoms with E-state index in [0.717, 1.165) is 24.0 Å². The van der Waals surface area contributed by atoms with Crippen molar-refractivity contribution in [2.75, 3.05) is 24.7 Å². The summed E-state index contributed by atoms with van der Waals surface area (Å²) < 4.78 is 10.3. The van der Waals surface area contributed by atoms with Gasteiger partial charge in [-0.25, -0.2) is 4.79 Å². The van der Waals surface area contributed by atoms with Crippen molar-refractivity contribution in [3.63, 3.8) is 0 Å². The van der Waals surface area contributed by atoms with E-state index in [-0.39, 0.29) is 19.1 Å². The normalized spacial score (nSPS) is 12.4. The Morgan fingerprint density at radius 2 is 1.80 bits per heavy atom. The van der Waals surface area contributed by atoms with Crippen molar-refractivity contribution in [2.24, 2.45) is 0 Å². The van der Waals surface area contributed by atoms with Gasteiger partial charge >= 0.3 is 5.97 Å². The fourth-order valence-corrected chi connectivity index (χ4v) is 2.64. The lowest BCUT2D eigenvalue weighted by Gasteiger charge is -2.17. The molecule has 0 saturated heterocycles. The molecule has 0 aliphatic carbocycles. The fourth-order valence-electron chi connectivity index (χ4n) is 2.64. The molecule has 2 aromatic rings. The highest BCUT2D eigenvalue weighted by molar-refractivity contribution is 5.97. The van der Waals surface area contributed by atoms with Crippen LogP contribution in [0.15, 0.2) is 48.5 Å². The number of ether oxygens (including phenoxy) is 2. The van der Waals surface area contributed by atoms with Crippen LogP contribution < -0.4 is 9.64 Å². The van der Waals surface area contributed by atoms with Gasteiger partial charge in [-0.3, -0.25) is 9.59 Å². The van der Waals surface area contributed by atoms with E-state index in [2.05, 4.69) is 0 Å². The van der Waals surface area contributed by atoms with Crippen LogP contribution >= 0.6 is 0 Å². The lowest BCUT2D eigenvalue weighted by Crippen LogP contribution is -2.33. The Kier molecular flexibility index (Phi) is 5.09. The SMILES string of the molecule is O=Cc1ccc(OCC(=O)OCC(=O)N2CCc3ccccc32)cc1. The van der Waals surface area contributed by atoms with Crippen LogP contribution in [-0.2, 0) is 20.7 Å². The first-order valence-electron chi connectivity index (χ1n) is 7.89. The minimum absolute atomic E-state index is 0.256. The molecular weight excluding hydrogens is 322 g/mol. The standard InChI is InChI=1S/C19H17NO5/c21-11-14-5-7-16(8-6-14)24-13-19(23)25-12-18(22)20-10-9-15-3-1-2-4-17(15)20/h1-8,11H,9-10,12-13H2. The van der Waals surface area contributed by atoms with Crippen molar-refractivity contribution in [1.82, 2.24) is 0 Å². The molecule has 1 heterocycles. The van der Waals surface area contributed by atoms with Crippen LogP contribution in [0.3, 0.4) is 0 Å². The molecule has 0 bridgehead atoms. The van der Waals surface area contributed by atoms with Crippen molar-refractivity contribution in [3.05, 3.63) is 59.7 Å². The molecule has 6 nitrogen and oxygen atoms in total. The Morgan fingerprint density at radius 1 is 1.04 bits per heavy atom. The Labute approximate surface area is 145 Å². The zero-order valence-electron chi connectivity index (χ0n) is 13.5. The molecule has 0 radical (unpaired) electrons. The maximum atomic E-state index is 12.2. The second kappa shape index (κ2) is 7.61. The largest absolute Gasteiger partial charge is 0.482 e. The molecule has 6 heteroatoms. The van der Waals surface area contributed by atoms with Crippen LogP contribution in [0, 0.1) is 0 Å². The predicted molar refractivity (Wildman–Crippen MR) is 90.8 cm³/mol. The zero-order valence-corrected chi connectivity index (χ0v) is 13.5. The molecule has 0 saturated carbocycles. The van der Waals surface area contributed by atoms with Gasteiger partial charge in [0.15, 0.2) is 13.2 Å². The number of anilines is 1. The highest BCUT2D eigenvalue weighted by Crippen LogP contribution is 2.27. The van der Waals surface area contributed by atoms with Crippen LogP contribution in [0.25, 0.3) is 0 Å². The molecular formula is C19H17NO5. The number of hydrogen-bond donors (Lipinski definition) is 0. The van der Waals surface area contributed by atoms with E-state index in [1.165, 1.54) is 0 Å². The highest BCUT2D eigenvalue weighted by atomic mass is 16.6. The zero-order chi connectivity index (χ0) is 17.6. The van der Waals surface area contributed by atoms with E-state index in [1.54, 1.807) is 29.2 Å². The maximum absolute atomic E-state index is 12.2. The predicted octanol–water partition coefficient (Wildman–Crippen LogP) is 2.01. The summed E-state index contributed by atoms with van der Waals surface area (Å²) >= 11 is 0. The molecule has 2 aromatic carbocycles. The third kappa shape index (κ3) is 4.03. The van der Waals surface area contributed by atoms with Crippen molar-refractivity contribution < 1.29 is 23.9 Å². The van der Waals surface area contributed by atoms with Crippen molar-refractivity contribution in [3.8, 4) is 5.75 Å². The molecule has 3 rings (SSSR count). The summed E-state index contributed by atoms with van der Waals surface area (Å²) in [4.78, 5) is 36.2. The molecule has 0 aromatic heterocycles. The van der Waals surface area contributed by atoms with E-state index in [9.17, 15) is 14.4 Å². The third-order valence-electron chi connectivity index (χ3n) is 3.92. The Hall–Kier alpha value is -3.15. The van der Waals surface area contributed by atoms with Crippen LogP contribution in [0.2, 0.25) is 0 Å². The number of esters is 1. The number of hydrogen-bond acceptors (Lipinski definition) is 5. The summed E-state index contributed by atoms with van der Waals surface area (Å²) in [6, 6.07) is 14.0. The van der Waals surface area contributed by atoms with Crippen LogP contribution in [0.5, 0.6) is 5.75 Å². The van der Waals surface area contributed by atoms with Gasteiger partial charge in [-0.1, -0.05) is 18.2 Å². The monoisotopic (exact) mass is 339 g/mol. The maximum Gasteiger partial charge on any atom is 0.344 e. The second-order valence-electron chi connectivity index (χ2n) is 5.56. The average Bonchev–Trinajstić information content (AvgIpc) is 3.09. The minimum Gasteiger partial charge on any atom is -0.482 e. The number of para-hydroxylation sites is 1. The Balaban J connectivity index is 1.46. The smallest absolute Gasteiger partial charge is 0.344 e. The lowest BCUT2D eigenvalue weighted by atomic mass is 10.2. The van der Waals surface area contributed by atoms with Gasteiger partial charge < -0.3 is 14.4 Å². The van der Waals surface area contributed by atoms with Gasteiger partial charge in [-0.2, -0.15) is 0 Å². The number of aldehydes is 1. The number of carbonyl (C=O) groups is 3. The fraction of sp³-hybridized carbons (Fsp3) is 0.211. The molecule has 128 valence electrons. The summed E-state index contributed by atoms with van der Waals surface area (Å²) in [5.41, 5.74) is 2.51. The lowest BCUT2D eigenvalue weighted by molar-refractivity contribution is -0.149. The molecule has 0 fully saturated rings. The van der Waals surface area contributed by atoms with Crippen molar-refractivity contribution in [1.29, 1.82) is 0 Å². The van der Waals surface area contributed by atoms with Gasteiger partial charge in [-0.05, 0) is 42.3 Å². The van der Waals surface area contributed by atoms with Crippen LogP contribution in [-0.4, -0.2) is 37.9 Å².